The van der Waals surface area contributed by atoms with Crippen molar-refractivity contribution in [3.05, 3.63) is 60.2 Å². The normalized spacial score (nSPS) is 16.2. The third kappa shape index (κ3) is 5.02. The van der Waals surface area contributed by atoms with E-state index in [1.165, 1.54) is 0 Å². The molecule has 1 aliphatic rings. The minimum atomic E-state index is -0.0450. The van der Waals surface area contributed by atoms with E-state index in [-0.39, 0.29) is 11.8 Å². The Morgan fingerprint density at radius 3 is 2.81 bits per heavy atom. The van der Waals surface area contributed by atoms with E-state index in [0.29, 0.717) is 13.1 Å². The molecule has 0 radical (unpaired) electrons. The van der Waals surface area contributed by atoms with Crippen LogP contribution >= 0.6 is 0 Å². The zero-order valence-corrected chi connectivity index (χ0v) is 18.0. The molecule has 8 nitrogen and oxygen atoms in total. The van der Waals surface area contributed by atoms with Gasteiger partial charge in [-0.05, 0) is 56.0 Å². The largest absolute Gasteiger partial charge is 0.497 e. The number of hydrogen-bond acceptors (Lipinski definition) is 6. The summed E-state index contributed by atoms with van der Waals surface area (Å²) in [6.07, 6.45) is 6.23. The van der Waals surface area contributed by atoms with Crippen LogP contribution in [0.1, 0.15) is 24.2 Å². The van der Waals surface area contributed by atoms with Crippen LogP contribution in [0, 0.1) is 12.8 Å². The quantitative estimate of drug-likeness (QED) is 0.632. The molecule has 1 aromatic carbocycles. The summed E-state index contributed by atoms with van der Waals surface area (Å²) in [5.41, 5.74) is 1.15. The van der Waals surface area contributed by atoms with Gasteiger partial charge in [-0.15, -0.1) is 10.2 Å². The maximum absolute atomic E-state index is 12.7. The number of rotatable bonds is 7. The molecule has 3 heterocycles. The van der Waals surface area contributed by atoms with Crippen molar-refractivity contribution in [3.8, 4) is 11.6 Å². The molecule has 1 atom stereocenters. The maximum atomic E-state index is 12.7. The highest BCUT2D eigenvalue weighted by Crippen LogP contribution is 2.22. The maximum Gasteiger partial charge on any atom is 0.224 e. The fourth-order valence-electron chi connectivity index (χ4n) is 3.94. The molecule has 1 saturated heterocycles. The first-order valence-corrected chi connectivity index (χ1v) is 10.6. The van der Waals surface area contributed by atoms with Crippen LogP contribution in [0.4, 0.5) is 5.82 Å². The van der Waals surface area contributed by atoms with Crippen molar-refractivity contribution >= 4 is 11.7 Å². The molecule has 0 aliphatic carbocycles. The fraction of sp³-hybridized carbons (Fsp3) is 0.391. The smallest absolute Gasteiger partial charge is 0.224 e. The van der Waals surface area contributed by atoms with Crippen molar-refractivity contribution in [3.63, 3.8) is 0 Å². The van der Waals surface area contributed by atoms with E-state index in [4.69, 9.17) is 4.74 Å². The lowest BCUT2D eigenvalue weighted by Crippen LogP contribution is -2.43. The zero-order valence-electron chi connectivity index (χ0n) is 18.0. The number of carbonyl (C=O) groups is 1. The van der Waals surface area contributed by atoms with Gasteiger partial charge in [0, 0.05) is 32.0 Å². The third-order valence-electron chi connectivity index (χ3n) is 5.67. The molecule has 0 spiro atoms. The number of hydrogen-bond donors (Lipinski definition) is 1. The van der Waals surface area contributed by atoms with Gasteiger partial charge in [0.2, 0.25) is 5.91 Å². The highest BCUT2D eigenvalue weighted by atomic mass is 16.5. The van der Waals surface area contributed by atoms with Crippen molar-refractivity contribution in [1.29, 1.82) is 0 Å². The molecule has 0 bridgehead atoms. The number of ether oxygens (including phenoxy) is 1. The van der Waals surface area contributed by atoms with Gasteiger partial charge in [-0.2, -0.15) is 0 Å². The van der Waals surface area contributed by atoms with Gasteiger partial charge in [0.05, 0.1) is 13.0 Å². The monoisotopic (exact) mass is 420 g/mol. The van der Waals surface area contributed by atoms with Crippen LogP contribution in [0.5, 0.6) is 5.75 Å². The second kappa shape index (κ2) is 9.59. The molecule has 162 valence electrons. The first-order chi connectivity index (χ1) is 15.1. The summed E-state index contributed by atoms with van der Waals surface area (Å²) in [5, 5.41) is 11.8. The lowest BCUT2D eigenvalue weighted by Gasteiger charge is -2.32. The van der Waals surface area contributed by atoms with E-state index in [1.807, 2.05) is 54.1 Å². The number of nitrogens with one attached hydrogen (secondary N) is 1. The van der Waals surface area contributed by atoms with E-state index >= 15 is 0 Å². The Morgan fingerprint density at radius 2 is 2.06 bits per heavy atom. The standard InChI is InChI=1S/C23H28N6O2/c1-17-24-12-14-29(17)22-9-8-21(26-27-22)28-13-4-6-19(16-28)23(30)25-11-10-18-5-3-7-20(15-18)31-2/h3,5,7-9,12,14-15,19H,4,6,10-11,13,16H2,1-2H3,(H,25,30). The molecular formula is C23H28N6O2. The first-order valence-electron chi connectivity index (χ1n) is 10.6. The lowest BCUT2D eigenvalue weighted by atomic mass is 9.97. The number of imidazole rings is 1. The minimum absolute atomic E-state index is 0.0450. The van der Waals surface area contributed by atoms with Crippen molar-refractivity contribution in [2.75, 3.05) is 31.6 Å². The molecule has 1 aliphatic heterocycles. The molecule has 8 heteroatoms. The lowest BCUT2D eigenvalue weighted by molar-refractivity contribution is -0.125. The van der Waals surface area contributed by atoms with Gasteiger partial charge >= 0.3 is 0 Å². The van der Waals surface area contributed by atoms with Crippen LogP contribution in [0.25, 0.3) is 5.82 Å². The summed E-state index contributed by atoms with van der Waals surface area (Å²) in [5.74, 6) is 3.30. The van der Waals surface area contributed by atoms with Crippen LogP contribution in [0.3, 0.4) is 0 Å². The summed E-state index contributed by atoms with van der Waals surface area (Å²) >= 11 is 0. The number of aryl methyl sites for hydroxylation is 1. The molecule has 31 heavy (non-hydrogen) atoms. The van der Waals surface area contributed by atoms with Crippen molar-refractivity contribution < 1.29 is 9.53 Å². The summed E-state index contributed by atoms with van der Waals surface area (Å²) in [6.45, 7) is 4.08. The van der Waals surface area contributed by atoms with Gasteiger partial charge < -0.3 is 15.0 Å². The van der Waals surface area contributed by atoms with Gasteiger partial charge in [-0.1, -0.05) is 12.1 Å². The van der Waals surface area contributed by atoms with Crippen LogP contribution in [-0.2, 0) is 11.2 Å². The predicted octanol–water partition coefficient (Wildman–Crippen LogP) is 2.55. The zero-order chi connectivity index (χ0) is 21.6. The second-order valence-electron chi connectivity index (χ2n) is 7.77. The molecule has 2 aromatic heterocycles. The summed E-state index contributed by atoms with van der Waals surface area (Å²) in [6, 6.07) is 11.8. The van der Waals surface area contributed by atoms with Crippen LogP contribution in [0.15, 0.2) is 48.8 Å². The van der Waals surface area contributed by atoms with Gasteiger partial charge in [0.1, 0.15) is 11.6 Å². The van der Waals surface area contributed by atoms with Crippen molar-refractivity contribution in [2.45, 2.75) is 26.2 Å². The molecule has 1 amide bonds. The topological polar surface area (TPSA) is 85.2 Å². The number of nitrogens with zero attached hydrogens (tertiary/aromatic N) is 5. The average molecular weight is 421 g/mol. The van der Waals surface area contributed by atoms with Gasteiger partial charge in [-0.3, -0.25) is 9.36 Å². The predicted molar refractivity (Wildman–Crippen MR) is 119 cm³/mol. The Bertz CT molecular complexity index is 1020. The van der Waals surface area contributed by atoms with E-state index in [0.717, 1.165) is 54.6 Å². The number of carbonyl (C=O) groups excluding carboxylic acids is 1. The highest BCUT2D eigenvalue weighted by Gasteiger charge is 2.26. The molecule has 1 fully saturated rings. The first kappa shape index (κ1) is 20.8. The summed E-state index contributed by atoms with van der Waals surface area (Å²) in [4.78, 5) is 19.1. The number of amides is 1. The number of piperidine rings is 1. The molecule has 4 rings (SSSR count). The molecule has 0 saturated carbocycles. The van der Waals surface area contributed by atoms with Gasteiger partial charge in [0.15, 0.2) is 11.6 Å². The molecule has 3 aromatic rings. The fourth-order valence-corrected chi connectivity index (χ4v) is 3.94. The van der Waals surface area contributed by atoms with Crippen LogP contribution in [0.2, 0.25) is 0 Å². The van der Waals surface area contributed by atoms with Crippen LogP contribution < -0.4 is 15.0 Å². The number of aromatic nitrogens is 4. The number of methoxy groups -OCH3 is 1. The Balaban J connectivity index is 1.31. The third-order valence-corrected chi connectivity index (χ3v) is 5.67. The van der Waals surface area contributed by atoms with E-state index in [1.54, 1.807) is 13.3 Å². The SMILES string of the molecule is COc1cccc(CCNC(=O)C2CCCN(c3ccc(-n4ccnc4C)nn3)C2)c1. The Morgan fingerprint density at radius 1 is 1.23 bits per heavy atom. The van der Waals surface area contributed by atoms with Crippen molar-refractivity contribution in [1.82, 2.24) is 25.1 Å². The second-order valence-corrected chi connectivity index (χ2v) is 7.77. The van der Waals surface area contributed by atoms with E-state index < -0.39 is 0 Å². The van der Waals surface area contributed by atoms with E-state index in [9.17, 15) is 4.79 Å². The number of anilines is 1. The Hall–Kier alpha value is -3.42. The summed E-state index contributed by atoms with van der Waals surface area (Å²) in [7, 11) is 1.66. The molecule has 1 N–H and O–H groups in total. The molecule has 1 unspecified atom stereocenters. The molecular weight excluding hydrogens is 392 g/mol. The minimum Gasteiger partial charge on any atom is -0.497 e. The average Bonchev–Trinajstić information content (AvgIpc) is 3.25. The summed E-state index contributed by atoms with van der Waals surface area (Å²) < 4.78 is 7.15. The van der Waals surface area contributed by atoms with Gasteiger partial charge in [-0.25, -0.2) is 4.98 Å². The Labute approximate surface area is 182 Å². The van der Waals surface area contributed by atoms with Crippen molar-refractivity contribution in [2.24, 2.45) is 5.92 Å². The number of benzene rings is 1. The highest BCUT2D eigenvalue weighted by molar-refractivity contribution is 5.79. The van der Waals surface area contributed by atoms with Gasteiger partial charge in [0.25, 0.3) is 0 Å². The van der Waals surface area contributed by atoms with Crippen LogP contribution in [-0.4, -0.2) is 52.4 Å². The Kier molecular flexibility index (Phi) is 6.45. The van der Waals surface area contributed by atoms with E-state index in [2.05, 4.69) is 25.4 Å².